The number of aliphatic hydroxyl groups excluding tert-OH is 1. The van der Waals surface area contributed by atoms with Gasteiger partial charge in [-0.1, -0.05) is 0 Å². The molecule has 0 amide bonds. The fraction of sp³-hybridized carbons (Fsp3) is 0.333. The molecule has 1 atom stereocenters. The summed E-state index contributed by atoms with van der Waals surface area (Å²) in [5, 5.41) is 18.1. The smallest absolute Gasteiger partial charge is 0.306 e. The van der Waals surface area contributed by atoms with E-state index in [0.717, 1.165) is 0 Å². The first kappa shape index (κ1) is 11.3. The molecule has 8 heteroatoms. The average molecular weight is 237 g/mol. The van der Waals surface area contributed by atoms with E-state index in [4.69, 9.17) is 10.8 Å². The Morgan fingerprint density at radius 3 is 2.94 bits per heavy atom. The molecule has 2 rings (SSSR count). The fourth-order valence-electron chi connectivity index (χ4n) is 1.53. The summed E-state index contributed by atoms with van der Waals surface area (Å²) in [5.41, 5.74) is 6.51. The summed E-state index contributed by atoms with van der Waals surface area (Å²) in [6, 6.07) is 0. The lowest BCUT2D eigenvalue weighted by Crippen LogP contribution is -2.19. The van der Waals surface area contributed by atoms with Crippen LogP contribution in [0.15, 0.2) is 12.7 Å². The van der Waals surface area contributed by atoms with Gasteiger partial charge in [0.2, 0.25) is 0 Å². The molecule has 1 unspecified atom stereocenters. The molecular formula is C9H11N5O3. The lowest BCUT2D eigenvalue weighted by atomic mass is 10.2. The fourth-order valence-corrected chi connectivity index (χ4v) is 1.53. The molecule has 8 nitrogen and oxygen atoms in total. The van der Waals surface area contributed by atoms with E-state index in [-0.39, 0.29) is 18.8 Å². The lowest BCUT2D eigenvalue weighted by Gasteiger charge is -2.08. The third kappa shape index (κ3) is 2.31. The van der Waals surface area contributed by atoms with Gasteiger partial charge in [-0.25, -0.2) is 15.0 Å². The number of carbonyl (C=O) groups is 1. The number of nitrogen functional groups attached to an aromatic ring is 1. The Kier molecular flexibility index (Phi) is 2.88. The van der Waals surface area contributed by atoms with E-state index in [0.29, 0.717) is 11.2 Å². The number of fused-ring (bicyclic) bond motifs is 1. The van der Waals surface area contributed by atoms with Gasteiger partial charge < -0.3 is 20.5 Å². The molecule has 0 spiro atoms. The number of aliphatic hydroxyl groups is 1. The van der Waals surface area contributed by atoms with Crippen molar-refractivity contribution < 1.29 is 15.0 Å². The zero-order valence-electron chi connectivity index (χ0n) is 8.82. The summed E-state index contributed by atoms with van der Waals surface area (Å²) in [6.07, 6.45) is 1.40. The minimum Gasteiger partial charge on any atom is -0.481 e. The summed E-state index contributed by atoms with van der Waals surface area (Å²) in [7, 11) is 0. The molecule has 2 aromatic heterocycles. The molecular weight excluding hydrogens is 226 g/mol. The van der Waals surface area contributed by atoms with Gasteiger partial charge in [0.25, 0.3) is 0 Å². The quantitative estimate of drug-likeness (QED) is 0.637. The molecule has 0 aliphatic heterocycles. The Balaban J connectivity index is 2.25. The van der Waals surface area contributed by atoms with Crippen molar-refractivity contribution in [3.05, 3.63) is 12.7 Å². The Hall–Kier alpha value is -2.22. The molecule has 0 aliphatic rings. The molecule has 2 heterocycles. The summed E-state index contributed by atoms with van der Waals surface area (Å²) >= 11 is 0. The number of aromatic nitrogens is 4. The van der Waals surface area contributed by atoms with Crippen LogP contribution in [-0.2, 0) is 11.3 Å². The van der Waals surface area contributed by atoms with Crippen molar-refractivity contribution in [2.45, 2.75) is 19.1 Å². The molecule has 0 aromatic carbocycles. The van der Waals surface area contributed by atoms with Crippen LogP contribution in [0.2, 0.25) is 0 Å². The second-order valence-electron chi connectivity index (χ2n) is 3.58. The van der Waals surface area contributed by atoms with Crippen molar-refractivity contribution in [3.8, 4) is 0 Å². The van der Waals surface area contributed by atoms with Crippen LogP contribution in [0, 0.1) is 0 Å². The molecule has 4 N–H and O–H groups in total. The number of nitrogens with zero attached hydrogens (tertiary/aromatic N) is 4. The van der Waals surface area contributed by atoms with Gasteiger partial charge >= 0.3 is 5.97 Å². The number of nitrogens with two attached hydrogens (primary N) is 1. The second kappa shape index (κ2) is 4.34. The van der Waals surface area contributed by atoms with Crippen LogP contribution >= 0.6 is 0 Å². The van der Waals surface area contributed by atoms with Gasteiger partial charge in [-0.05, 0) is 0 Å². The third-order valence-electron chi connectivity index (χ3n) is 2.25. The number of imidazole rings is 1. The molecule has 0 bridgehead atoms. The highest BCUT2D eigenvalue weighted by atomic mass is 16.4. The van der Waals surface area contributed by atoms with Crippen LogP contribution in [0.25, 0.3) is 11.2 Å². The number of aliphatic carboxylic acids is 1. The van der Waals surface area contributed by atoms with Crippen molar-refractivity contribution in [2.75, 3.05) is 5.73 Å². The summed E-state index contributed by atoms with van der Waals surface area (Å²) in [6.45, 7) is 0.0965. The van der Waals surface area contributed by atoms with Crippen LogP contribution in [0.1, 0.15) is 6.42 Å². The standard InChI is InChI=1S/C9H11N5O3/c10-8-7-9(12-3-11-8)14(4-13-7)2-5(15)1-6(16)17/h3-5,15H,1-2H2,(H,16,17)(H2,10,11,12). The van der Waals surface area contributed by atoms with Gasteiger partial charge in [-0.2, -0.15) is 0 Å². The maximum atomic E-state index is 10.4. The first-order valence-corrected chi connectivity index (χ1v) is 4.89. The Morgan fingerprint density at radius 1 is 1.47 bits per heavy atom. The van der Waals surface area contributed by atoms with Gasteiger partial charge in [0.15, 0.2) is 11.5 Å². The number of carboxylic acid groups (broad SMARTS) is 1. The van der Waals surface area contributed by atoms with Crippen molar-refractivity contribution in [3.63, 3.8) is 0 Å². The average Bonchev–Trinajstić information content (AvgIpc) is 2.62. The van der Waals surface area contributed by atoms with Crippen molar-refractivity contribution in [2.24, 2.45) is 0 Å². The van der Waals surface area contributed by atoms with E-state index in [9.17, 15) is 9.90 Å². The minimum absolute atomic E-state index is 0.0965. The molecule has 90 valence electrons. The summed E-state index contributed by atoms with van der Waals surface area (Å²) in [4.78, 5) is 22.2. The topological polar surface area (TPSA) is 127 Å². The van der Waals surface area contributed by atoms with Crippen LogP contribution < -0.4 is 5.73 Å². The van der Waals surface area contributed by atoms with Gasteiger partial charge in [0.05, 0.1) is 25.4 Å². The highest BCUT2D eigenvalue weighted by Crippen LogP contribution is 2.14. The molecule has 0 radical (unpaired) electrons. The summed E-state index contributed by atoms with van der Waals surface area (Å²) in [5.74, 6) is -0.808. The zero-order valence-corrected chi connectivity index (χ0v) is 8.82. The van der Waals surface area contributed by atoms with E-state index in [1.807, 2.05) is 0 Å². The predicted octanol–water partition coefficient (Wildman–Crippen LogP) is -0.756. The Labute approximate surface area is 95.7 Å². The summed E-state index contributed by atoms with van der Waals surface area (Å²) < 4.78 is 1.54. The number of hydrogen-bond donors (Lipinski definition) is 3. The van der Waals surface area contributed by atoms with Crippen molar-refractivity contribution in [1.82, 2.24) is 19.5 Å². The molecule has 0 aliphatic carbocycles. The second-order valence-corrected chi connectivity index (χ2v) is 3.58. The number of carboxylic acids is 1. The maximum absolute atomic E-state index is 10.4. The van der Waals surface area contributed by atoms with Crippen LogP contribution in [0.4, 0.5) is 5.82 Å². The Morgan fingerprint density at radius 2 is 2.24 bits per heavy atom. The highest BCUT2D eigenvalue weighted by Gasteiger charge is 2.13. The maximum Gasteiger partial charge on any atom is 0.306 e. The van der Waals surface area contributed by atoms with Crippen LogP contribution in [0.5, 0.6) is 0 Å². The van der Waals surface area contributed by atoms with Gasteiger partial charge in [0.1, 0.15) is 11.8 Å². The number of rotatable bonds is 4. The first-order chi connectivity index (χ1) is 8.08. The largest absolute Gasteiger partial charge is 0.481 e. The van der Waals surface area contributed by atoms with Crippen LogP contribution in [-0.4, -0.2) is 41.8 Å². The van der Waals surface area contributed by atoms with E-state index in [2.05, 4.69) is 15.0 Å². The van der Waals surface area contributed by atoms with E-state index in [1.165, 1.54) is 12.7 Å². The minimum atomic E-state index is -1.06. The molecule has 0 saturated carbocycles. The third-order valence-corrected chi connectivity index (χ3v) is 2.25. The lowest BCUT2D eigenvalue weighted by molar-refractivity contribution is -0.139. The van der Waals surface area contributed by atoms with Crippen molar-refractivity contribution in [1.29, 1.82) is 0 Å². The normalized spacial score (nSPS) is 12.8. The van der Waals surface area contributed by atoms with Gasteiger partial charge in [0, 0.05) is 0 Å². The number of hydrogen-bond acceptors (Lipinski definition) is 6. The van der Waals surface area contributed by atoms with Crippen LogP contribution in [0.3, 0.4) is 0 Å². The molecule has 0 saturated heterocycles. The molecule has 2 aromatic rings. The predicted molar refractivity (Wildman–Crippen MR) is 58.0 cm³/mol. The molecule has 17 heavy (non-hydrogen) atoms. The van der Waals surface area contributed by atoms with E-state index in [1.54, 1.807) is 4.57 Å². The highest BCUT2D eigenvalue weighted by molar-refractivity contribution is 5.81. The van der Waals surface area contributed by atoms with E-state index >= 15 is 0 Å². The SMILES string of the molecule is Nc1ncnc2c1ncn2CC(O)CC(=O)O. The monoisotopic (exact) mass is 237 g/mol. The zero-order chi connectivity index (χ0) is 12.4. The van der Waals surface area contributed by atoms with Crippen molar-refractivity contribution >= 4 is 23.0 Å². The first-order valence-electron chi connectivity index (χ1n) is 4.89. The van der Waals surface area contributed by atoms with Gasteiger partial charge in [-0.3, -0.25) is 4.79 Å². The molecule has 0 fully saturated rings. The number of anilines is 1. The van der Waals surface area contributed by atoms with E-state index < -0.39 is 12.1 Å². The Bertz CT molecular complexity index is 553. The van der Waals surface area contributed by atoms with Gasteiger partial charge in [-0.15, -0.1) is 0 Å².